The Kier molecular flexibility index (Phi) is 5.97. The zero-order valence-electron chi connectivity index (χ0n) is 19.4. The molecule has 3 nitrogen and oxygen atoms in total. The molecule has 4 rings (SSSR count). The first-order valence-corrected chi connectivity index (χ1v) is 11.2. The smallest absolute Gasteiger partial charge is 0.187 e. The van der Waals surface area contributed by atoms with Gasteiger partial charge >= 0.3 is 0 Å². The molecule has 0 aliphatic carbocycles. The third kappa shape index (κ3) is 4.09. The molecule has 0 spiro atoms. The van der Waals surface area contributed by atoms with Crippen molar-refractivity contribution in [2.75, 3.05) is 0 Å². The van der Waals surface area contributed by atoms with Gasteiger partial charge in [-0.3, -0.25) is 4.57 Å². The minimum Gasteiger partial charge on any atom is -0.299 e. The molecule has 1 heterocycles. The van der Waals surface area contributed by atoms with E-state index >= 15 is 0 Å². The van der Waals surface area contributed by atoms with Crippen LogP contribution in [0.1, 0.15) is 56.2 Å². The van der Waals surface area contributed by atoms with Crippen LogP contribution in [0, 0.1) is 13.5 Å². The lowest BCUT2D eigenvalue weighted by molar-refractivity contribution is 0.807. The Morgan fingerprint density at radius 3 is 2.06 bits per heavy atom. The fraction of sp³-hybridized carbons (Fsp3) is 0.241. The predicted molar refractivity (Wildman–Crippen MR) is 134 cm³/mol. The highest BCUT2D eigenvalue weighted by Gasteiger charge is 2.20. The lowest BCUT2D eigenvalue weighted by Gasteiger charge is -2.24. The second-order valence-electron chi connectivity index (χ2n) is 8.96. The van der Waals surface area contributed by atoms with Gasteiger partial charge in [-0.2, -0.15) is 0 Å². The van der Waals surface area contributed by atoms with Gasteiger partial charge in [0.05, 0.1) is 12.3 Å². The Bertz CT molecular complexity index is 1260. The largest absolute Gasteiger partial charge is 0.299 e. The zero-order valence-corrected chi connectivity index (χ0v) is 19.4. The van der Waals surface area contributed by atoms with Gasteiger partial charge in [-0.1, -0.05) is 75.7 Å². The zero-order chi connectivity index (χ0) is 22.8. The van der Waals surface area contributed by atoms with Crippen LogP contribution in [0.5, 0.6) is 0 Å². The maximum Gasteiger partial charge on any atom is 0.187 e. The number of aromatic nitrogens is 2. The van der Waals surface area contributed by atoms with Crippen LogP contribution in [0.3, 0.4) is 0 Å². The topological polar surface area (TPSA) is 22.2 Å². The molecule has 32 heavy (non-hydrogen) atoms. The summed E-state index contributed by atoms with van der Waals surface area (Å²) in [6, 6.07) is 21.1. The van der Waals surface area contributed by atoms with E-state index in [1.807, 2.05) is 36.7 Å². The quantitative estimate of drug-likeness (QED) is 0.298. The van der Waals surface area contributed by atoms with Gasteiger partial charge in [0.15, 0.2) is 5.69 Å². The molecule has 0 atom stereocenters. The van der Waals surface area contributed by atoms with Crippen molar-refractivity contribution in [3.63, 3.8) is 0 Å². The van der Waals surface area contributed by atoms with Crippen LogP contribution in [0.2, 0.25) is 0 Å². The molecule has 0 unspecified atom stereocenters. The van der Waals surface area contributed by atoms with Gasteiger partial charge in [-0.15, -0.1) is 0 Å². The third-order valence-corrected chi connectivity index (χ3v) is 5.91. The molecule has 0 fully saturated rings. The minimum absolute atomic E-state index is 0.345. The average molecular weight is 420 g/mol. The number of rotatable bonds is 5. The van der Waals surface area contributed by atoms with Gasteiger partial charge in [0.25, 0.3) is 0 Å². The Balaban J connectivity index is 1.96. The second-order valence-corrected chi connectivity index (χ2v) is 8.96. The molecule has 4 aromatic rings. The molecule has 0 saturated heterocycles. The van der Waals surface area contributed by atoms with Gasteiger partial charge in [-0.25, -0.2) is 9.83 Å². The Labute approximate surface area is 191 Å². The van der Waals surface area contributed by atoms with Gasteiger partial charge in [-0.05, 0) is 59.2 Å². The van der Waals surface area contributed by atoms with E-state index in [1.54, 1.807) is 0 Å². The number of imidazole rings is 1. The summed E-state index contributed by atoms with van der Waals surface area (Å²) in [6.07, 6.45) is 3.89. The van der Waals surface area contributed by atoms with Gasteiger partial charge in [0.2, 0.25) is 0 Å². The Morgan fingerprint density at radius 2 is 1.47 bits per heavy atom. The summed E-state index contributed by atoms with van der Waals surface area (Å²) in [4.78, 5) is 8.29. The molecule has 3 aromatic carbocycles. The molecule has 1 aromatic heterocycles. The summed E-state index contributed by atoms with van der Waals surface area (Å²) >= 11 is 0. The van der Waals surface area contributed by atoms with Crippen molar-refractivity contribution in [3.8, 4) is 28.2 Å². The third-order valence-electron chi connectivity index (χ3n) is 5.91. The monoisotopic (exact) mass is 419 g/mol. The van der Waals surface area contributed by atoms with Crippen molar-refractivity contribution in [1.29, 1.82) is 0 Å². The molecule has 0 bridgehead atoms. The molecule has 0 N–H and O–H groups in total. The highest BCUT2D eigenvalue weighted by molar-refractivity contribution is 5.72. The van der Waals surface area contributed by atoms with Crippen molar-refractivity contribution in [1.82, 2.24) is 9.55 Å². The molecule has 160 valence electrons. The number of hydrogen-bond donors (Lipinski definition) is 0. The van der Waals surface area contributed by atoms with Gasteiger partial charge in [0, 0.05) is 18.0 Å². The van der Waals surface area contributed by atoms with E-state index < -0.39 is 0 Å². The van der Waals surface area contributed by atoms with Crippen molar-refractivity contribution < 1.29 is 0 Å². The van der Waals surface area contributed by atoms with Crippen molar-refractivity contribution in [3.05, 3.63) is 101 Å². The van der Waals surface area contributed by atoms with E-state index in [0.29, 0.717) is 17.5 Å². The maximum absolute atomic E-state index is 7.38. The molecule has 0 radical (unpaired) electrons. The van der Waals surface area contributed by atoms with Crippen LogP contribution in [0.25, 0.3) is 33.0 Å². The second kappa shape index (κ2) is 8.85. The molecule has 0 aliphatic rings. The molecular weight excluding hydrogens is 390 g/mol. The van der Waals surface area contributed by atoms with Crippen LogP contribution >= 0.6 is 0 Å². The fourth-order valence-electron chi connectivity index (χ4n) is 4.16. The van der Waals surface area contributed by atoms with E-state index in [0.717, 1.165) is 11.4 Å². The van der Waals surface area contributed by atoms with E-state index in [1.165, 1.54) is 33.5 Å². The first-order chi connectivity index (χ1) is 15.4. The number of hydrogen-bond acceptors (Lipinski definition) is 1. The SMILES string of the molecule is [C-]#[N+]c1cccc(-c2nccn2-c2c(C(C)C)cc(-c3ccc(C)cc3)cc2C(C)C)c1. The van der Waals surface area contributed by atoms with Crippen LogP contribution in [-0.4, -0.2) is 9.55 Å². The highest BCUT2D eigenvalue weighted by atomic mass is 15.1. The Morgan fingerprint density at radius 1 is 0.812 bits per heavy atom. The molecule has 0 aliphatic heterocycles. The van der Waals surface area contributed by atoms with E-state index in [4.69, 9.17) is 6.57 Å². The summed E-state index contributed by atoms with van der Waals surface area (Å²) < 4.78 is 2.20. The first kappa shape index (κ1) is 21.6. The summed E-state index contributed by atoms with van der Waals surface area (Å²) in [5.41, 5.74) is 9.13. The van der Waals surface area contributed by atoms with E-state index in [2.05, 4.69) is 85.4 Å². The minimum atomic E-state index is 0.345. The lowest BCUT2D eigenvalue weighted by atomic mass is 9.88. The molecule has 3 heteroatoms. The summed E-state index contributed by atoms with van der Waals surface area (Å²) in [5, 5.41) is 0. The Hall–Kier alpha value is -3.64. The predicted octanol–water partition coefficient (Wildman–Crippen LogP) is 8.31. The summed E-state index contributed by atoms with van der Waals surface area (Å²) in [6.45, 7) is 18.5. The van der Waals surface area contributed by atoms with E-state index in [-0.39, 0.29) is 0 Å². The van der Waals surface area contributed by atoms with Crippen LogP contribution in [0.15, 0.2) is 73.1 Å². The lowest BCUT2D eigenvalue weighted by Crippen LogP contribution is -2.08. The fourth-order valence-corrected chi connectivity index (χ4v) is 4.16. The van der Waals surface area contributed by atoms with Crippen LogP contribution in [0.4, 0.5) is 5.69 Å². The molecule has 0 saturated carbocycles. The summed E-state index contributed by atoms with van der Waals surface area (Å²) in [7, 11) is 0. The molecular formula is C29H29N3. The first-order valence-electron chi connectivity index (χ1n) is 11.2. The van der Waals surface area contributed by atoms with E-state index in [9.17, 15) is 0 Å². The van der Waals surface area contributed by atoms with Crippen molar-refractivity contribution in [2.24, 2.45) is 0 Å². The van der Waals surface area contributed by atoms with Gasteiger partial charge in [0.1, 0.15) is 5.82 Å². The number of aryl methyl sites for hydroxylation is 1. The molecule has 0 amide bonds. The van der Waals surface area contributed by atoms with Crippen LogP contribution in [-0.2, 0) is 0 Å². The van der Waals surface area contributed by atoms with Gasteiger partial charge < -0.3 is 0 Å². The van der Waals surface area contributed by atoms with Crippen molar-refractivity contribution in [2.45, 2.75) is 46.5 Å². The summed E-state index contributed by atoms with van der Waals surface area (Å²) in [5.74, 6) is 1.55. The number of nitrogens with zero attached hydrogens (tertiary/aromatic N) is 3. The average Bonchev–Trinajstić information content (AvgIpc) is 3.28. The number of benzene rings is 3. The van der Waals surface area contributed by atoms with Crippen LogP contribution < -0.4 is 0 Å². The van der Waals surface area contributed by atoms with Crippen molar-refractivity contribution >= 4 is 5.69 Å². The standard InChI is InChI=1S/C29H29N3/c1-19(2)26-17-24(22-12-10-21(5)11-13-22)18-27(20(3)4)28(26)32-15-14-31-29(32)23-8-7-9-25(16-23)30-6/h7-20H,1-5H3. The maximum atomic E-state index is 7.38. The normalized spacial score (nSPS) is 11.2. The highest BCUT2D eigenvalue weighted by Crippen LogP contribution is 2.38.